The van der Waals surface area contributed by atoms with E-state index in [1.807, 2.05) is 0 Å². The predicted molar refractivity (Wildman–Crippen MR) is 76.3 cm³/mol. The smallest absolute Gasteiger partial charge is 0.170 e. The Morgan fingerprint density at radius 1 is 1.55 bits per heavy atom. The highest BCUT2D eigenvalue weighted by Crippen LogP contribution is 2.14. The zero-order valence-corrected chi connectivity index (χ0v) is 11.6. The number of rotatable bonds is 5. The second-order valence-electron chi connectivity index (χ2n) is 5.24. The summed E-state index contributed by atoms with van der Waals surface area (Å²) >= 11 is 0. The van der Waals surface area contributed by atoms with Crippen LogP contribution in [0.2, 0.25) is 0 Å². The van der Waals surface area contributed by atoms with Crippen molar-refractivity contribution in [3.63, 3.8) is 0 Å². The lowest BCUT2D eigenvalue weighted by atomic mass is 10.1. The predicted octanol–water partition coefficient (Wildman–Crippen LogP) is 1.10. The molecule has 1 aromatic rings. The fourth-order valence-electron chi connectivity index (χ4n) is 2.58. The molecule has 0 bridgehead atoms. The summed E-state index contributed by atoms with van der Waals surface area (Å²) < 4.78 is 13.5. The van der Waals surface area contributed by atoms with E-state index in [0.29, 0.717) is 18.2 Å². The zero-order chi connectivity index (χ0) is 14.5. The molecule has 0 spiro atoms. The molecule has 1 fully saturated rings. The Bertz CT molecular complexity index is 492. The Hall–Kier alpha value is -1.66. The van der Waals surface area contributed by atoms with Gasteiger partial charge in [0, 0.05) is 24.7 Å². The summed E-state index contributed by atoms with van der Waals surface area (Å²) in [6.45, 7) is 2.58. The highest BCUT2D eigenvalue weighted by atomic mass is 19.1. The van der Waals surface area contributed by atoms with Crippen molar-refractivity contribution in [3.05, 3.63) is 35.1 Å². The van der Waals surface area contributed by atoms with Crippen molar-refractivity contribution in [2.24, 2.45) is 10.9 Å². The summed E-state index contributed by atoms with van der Waals surface area (Å²) in [4.78, 5) is 2.33. The maximum atomic E-state index is 13.5. The van der Waals surface area contributed by atoms with Crippen LogP contribution in [-0.2, 0) is 6.54 Å². The van der Waals surface area contributed by atoms with E-state index in [2.05, 4.69) is 22.4 Å². The quantitative estimate of drug-likeness (QED) is 0.327. The van der Waals surface area contributed by atoms with Crippen molar-refractivity contribution in [1.29, 1.82) is 0 Å². The topological polar surface area (TPSA) is 73.9 Å². The van der Waals surface area contributed by atoms with Crippen LogP contribution in [0.4, 0.5) is 4.39 Å². The van der Waals surface area contributed by atoms with E-state index in [9.17, 15) is 4.39 Å². The van der Waals surface area contributed by atoms with Gasteiger partial charge in [-0.15, -0.1) is 0 Å². The van der Waals surface area contributed by atoms with Gasteiger partial charge in [0.25, 0.3) is 0 Å². The molecule has 0 saturated carbocycles. The number of likely N-dealkylation sites (N-methyl/N-ethyl adjacent to an activating group) is 1. The van der Waals surface area contributed by atoms with Crippen LogP contribution >= 0.6 is 0 Å². The Kier molecular flexibility index (Phi) is 4.92. The molecule has 0 aromatic heterocycles. The molecule has 0 amide bonds. The molecule has 20 heavy (non-hydrogen) atoms. The molecule has 1 atom stereocenters. The normalized spacial score (nSPS) is 20.5. The Morgan fingerprint density at radius 2 is 2.35 bits per heavy atom. The lowest BCUT2D eigenvalue weighted by Gasteiger charge is -2.19. The zero-order valence-electron chi connectivity index (χ0n) is 11.6. The Morgan fingerprint density at radius 3 is 3.00 bits per heavy atom. The van der Waals surface area contributed by atoms with E-state index in [1.54, 1.807) is 6.07 Å². The minimum Gasteiger partial charge on any atom is -0.409 e. The van der Waals surface area contributed by atoms with Gasteiger partial charge in [0.15, 0.2) is 5.84 Å². The van der Waals surface area contributed by atoms with E-state index >= 15 is 0 Å². The van der Waals surface area contributed by atoms with Crippen molar-refractivity contribution in [2.75, 3.05) is 20.1 Å². The molecular formula is C14H21FN4O. The third-order valence-electron chi connectivity index (χ3n) is 3.74. The minimum absolute atomic E-state index is 0.0822. The molecule has 4 N–H and O–H groups in total. The molecule has 1 unspecified atom stereocenters. The molecule has 1 saturated heterocycles. The average Bonchev–Trinajstić information content (AvgIpc) is 2.83. The van der Waals surface area contributed by atoms with Crippen LogP contribution in [0, 0.1) is 5.82 Å². The SMILES string of the molecule is CN1CCCC1CNCc1cc(F)cc(/C(N)=N/O)c1. The molecule has 1 aliphatic rings. The number of hydrogen-bond acceptors (Lipinski definition) is 4. The van der Waals surface area contributed by atoms with E-state index in [0.717, 1.165) is 18.7 Å². The maximum absolute atomic E-state index is 13.5. The first-order valence-corrected chi connectivity index (χ1v) is 6.78. The van der Waals surface area contributed by atoms with E-state index in [4.69, 9.17) is 10.9 Å². The van der Waals surface area contributed by atoms with Gasteiger partial charge >= 0.3 is 0 Å². The number of oxime groups is 1. The van der Waals surface area contributed by atoms with Gasteiger partial charge in [-0.05, 0) is 50.2 Å². The van der Waals surface area contributed by atoms with Crippen molar-refractivity contribution in [2.45, 2.75) is 25.4 Å². The van der Waals surface area contributed by atoms with Gasteiger partial charge in [-0.2, -0.15) is 0 Å². The standard InChI is InChI=1S/C14H21FN4O/c1-19-4-2-3-13(19)9-17-8-10-5-11(14(16)18-20)7-12(15)6-10/h5-7,13,17,20H,2-4,8-9H2,1H3,(H2,16,18). The first-order chi connectivity index (χ1) is 9.60. The fraction of sp³-hybridized carbons (Fsp3) is 0.500. The van der Waals surface area contributed by atoms with Crippen LogP contribution < -0.4 is 11.1 Å². The highest BCUT2D eigenvalue weighted by Gasteiger charge is 2.19. The third kappa shape index (κ3) is 3.68. The lowest BCUT2D eigenvalue weighted by molar-refractivity contribution is 0.300. The average molecular weight is 280 g/mol. The summed E-state index contributed by atoms with van der Waals surface area (Å²) in [5.74, 6) is -0.467. The van der Waals surface area contributed by atoms with Gasteiger partial charge in [0.2, 0.25) is 0 Å². The molecule has 1 heterocycles. The van der Waals surface area contributed by atoms with Crippen LogP contribution in [0.3, 0.4) is 0 Å². The molecule has 0 radical (unpaired) electrons. The molecule has 1 aliphatic heterocycles. The maximum Gasteiger partial charge on any atom is 0.170 e. The van der Waals surface area contributed by atoms with Crippen LogP contribution in [0.25, 0.3) is 0 Å². The molecule has 6 heteroatoms. The second kappa shape index (κ2) is 6.67. The number of nitrogens with zero attached hydrogens (tertiary/aromatic N) is 2. The molecule has 2 rings (SSSR count). The van der Waals surface area contributed by atoms with Crippen LogP contribution in [0.1, 0.15) is 24.0 Å². The van der Waals surface area contributed by atoms with Crippen molar-refractivity contribution < 1.29 is 9.60 Å². The van der Waals surface area contributed by atoms with E-state index < -0.39 is 0 Å². The summed E-state index contributed by atoms with van der Waals surface area (Å²) in [5, 5.41) is 14.9. The summed E-state index contributed by atoms with van der Waals surface area (Å²) in [5.41, 5.74) is 6.66. The van der Waals surface area contributed by atoms with Crippen molar-refractivity contribution in [1.82, 2.24) is 10.2 Å². The highest BCUT2D eigenvalue weighted by molar-refractivity contribution is 5.97. The number of nitrogens with two attached hydrogens (primary N) is 1. The lowest BCUT2D eigenvalue weighted by Crippen LogP contribution is -2.35. The van der Waals surface area contributed by atoms with Crippen LogP contribution in [0.5, 0.6) is 0 Å². The monoisotopic (exact) mass is 280 g/mol. The van der Waals surface area contributed by atoms with Gasteiger partial charge in [0.1, 0.15) is 5.82 Å². The largest absolute Gasteiger partial charge is 0.409 e. The van der Waals surface area contributed by atoms with Gasteiger partial charge in [-0.3, -0.25) is 0 Å². The minimum atomic E-state index is -0.385. The molecule has 5 nitrogen and oxygen atoms in total. The molecule has 0 aliphatic carbocycles. The van der Waals surface area contributed by atoms with Crippen molar-refractivity contribution >= 4 is 5.84 Å². The number of amidine groups is 1. The van der Waals surface area contributed by atoms with Gasteiger partial charge in [-0.25, -0.2) is 4.39 Å². The number of benzene rings is 1. The number of hydrogen-bond donors (Lipinski definition) is 3. The number of likely N-dealkylation sites (tertiary alicyclic amines) is 1. The second-order valence-corrected chi connectivity index (χ2v) is 5.24. The molecule has 110 valence electrons. The van der Waals surface area contributed by atoms with Gasteiger partial charge in [0.05, 0.1) is 0 Å². The molecule has 1 aromatic carbocycles. The summed E-state index contributed by atoms with van der Waals surface area (Å²) in [6, 6.07) is 4.99. The Labute approximate surface area is 118 Å². The van der Waals surface area contributed by atoms with Crippen LogP contribution in [-0.4, -0.2) is 42.1 Å². The first-order valence-electron chi connectivity index (χ1n) is 6.78. The fourth-order valence-corrected chi connectivity index (χ4v) is 2.58. The van der Waals surface area contributed by atoms with Crippen molar-refractivity contribution in [3.8, 4) is 0 Å². The van der Waals surface area contributed by atoms with Crippen LogP contribution in [0.15, 0.2) is 23.4 Å². The summed E-state index contributed by atoms with van der Waals surface area (Å²) in [7, 11) is 2.12. The third-order valence-corrected chi connectivity index (χ3v) is 3.74. The Balaban J connectivity index is 1.94. The van der Waals surface area contributed by atoms with Gasteiger partial charge in [-0.1, -0.05) is 5.16 Å². The summed E-state index contributed by atoms with van der Waals surface area (Å²) in [6.07, 6.45) is 2.43. The van der Waals surface area contributed by atoms with E-state index in [-0.39, 0.29) is 11.7 Å². The molecular weight excluding hydrogens is 259 g/mol. The number of halogens is 1. The first kappa shape index (κ1) is 14.7. The van der Waals surface area contributed by atoms with E-state index in [1.165, 1.54) is 25.0 Å². The van der Waals surface area contributed by atoms with Gasteiger partial charge < -0.3 is 21.2 Å². The number of nitrogens with one attached hydrogen (secondary N) is 1.